The molecule has 0 radical (unpaired) electrons. The smallest absolute Gasteiger partial charge is 0.468 e. The Labute approximate surface area is 243 Å². The highest BCUT2D eigenvalue weighted by Crippen LogP contribution is 2.30. The Morgan fingerprint density at radius 2 is 1.34 bits per heavy atom. The molecule has 11 nitrogen and oxygen atoms in total. The molecule has 0 amide bonds. The Morgan fingerprint density at radius 3 is 1.88 bits per heavy atom. The predicted octanol–water partition coefficient (Wildman–Crippen LogP) is 5.46. The fraction of sp³-hybridized carbons (Fsp3) is 0.667. The van der Waals surface area contributed by atoms with Crippen molar-refractivity contribution in [3.8, 4) is 11.5 Å². The van der Waals surface area contributed by atoms with Crippen LogP contribution in [0.1, 0.15) is 72.8 Å². The van der Waals surface area contributed by atoms with Gasteiger partial charge in [0.2, 0.25) is 0 Å². The number of esters is 2. The van der Waals surface area contributed by atoms with Crippen molar-refractivity contribution in [1.82, 2.24) is 5.32 Å². The lowest BCUT2D eigenvalue weighted by Crippen LogP contribution is -2.41. The topological polar surface area (TPSA) is 136 Å². The Kier molecular flexibility index (Phi) is 17.1. The summed E-state index contributed by atoms with van der Waals surface area (Å²) in [5.41, 5.74) is 0.576. The molecule has 0 aliphatic carbocycles. The minimum atomic E-state index is -0.956. The molecule has 0 aromatic heterocycles. The van der Waals surface area contributed by atoms with Gasteiger partial charge in [0, 0.05) is 13.0 Å². The van der Waals surface area contributed by atoms with Gasteiger partial charge < -0.3 is 33.7 Å². The first-order valence-corrected chi connectivity index (χ1v) is 14.3. The normalized spacial score (nSPS) is 13.7. The Balaban J connectivity index is 2.99. The molecular weight excluding hydrogens is 534 g/mol. The molecule has 0 spiro atoms. The summed E-state index contributed by atoms with van der Waals surface area (Å²) in [6.45, 7) is 12.5. The van der Waals surface area contributed by atoms with E-state index in [-0.39, 0.29) is 68.0 Å². The summed E-state index contributed by atoms with van der Waals surface area (Å²) in [6.07, 6.45) is 1.10. The fourth-order valence-electron chi connectivity index (χ4n) is 3.24. The van der Waals surface area contributed by atoms with Crippen LogP contribution in [0, 0.1) is 17.8 Å². The van der Waals surface area contributed by atoms with E-state index in [0.29, 0.717) is 12.0 Å². The van der Waals surface area contributed by atoms with Crippen molar-refractivity contribution >= 4 is 24.2 Å². The molecule has 1 N–H and O–H groups in total. The molecule has 4 atom stereocenters. The molecule has 0 aliphatic rings. The summed E-state index contributed by atoms with van der Waals surface area (Å²) in [5, 5.41) is 3.03. The number of carbonyl (C=O) groups excluding carboxylic acids is 4. The summed E-state index contributed by atoms with van der Waals surface area (Å²) < 4.78 is 31.2. The molecule has 0 fully saturated rings. The molecule has 1 aromatic carbocycles. The van der Waals surface area contributed by atoms with Gasteiger partial charge in [-0.3, -0.25) is 9.59 Å². The first-order chi connectivity index (χ1) is 19.5. The Morgan fingerprint density at radius 1 is 0.780 bits per heavy atom. The summed E-state index contributed by atoms with van der Waals surface area (Å²) in [7, 11) is 1.27. The number of hydrogen-bond donors (Lipinski definition) is 1. The second-order valence-corrected chi connectivity index (χ2v) is 10.3. The van der Waals surface area contributed by atoms with Crippen molar-refractivity contribution in [2.75, 3.05) is 33.5 Å². The third kappa shape index (κ3) is 14.7. The van der Waals surface area contributed by atoms with Gasteiger partial charge in [-0.05, 0) is 41.9 Å². The largest absolute Gasteiger partial charge is 0.513 e. The molecule has 0 saturated carbocycles. The third-order valence-corrected chi connectivity index (χ3v) is 6.65. The van der Waals surface area contributed by atoms with Gasteiger partial charge in [-0.25, -0.2) is 9.59 Å². The monoisotopic (exact) mass is 581 g/mol. The zero-order valence-corrected chi connectivity index (χ0v) is 25.5. The average molecular weight is 582 g/mol. The predicted molar refractivity (Wildman–Crippen MR) is 152 cm³/mol. The first-order valence-electron chi connectivity index (χ1n) is 14.3. The highest BCUT2D eigenvalue weighted by atomic mass is 16.7. The van der Waals surface area contributed by atoms with Gasteiger partial charge >= 0.3 is 24.2 Å². The van der Waals surface area contributed by atoms with E-state index in [1.165, 1.54) is 19.2 Å². The van der Waals surface area contributed by atoms with Gasteiger partial charge in [-0.15, -0.1) is 0 Å². The van der Waals surface area contributed by atoms with Crippen molar-refractivity contribution in [3.05, 3.63) is 23.8 Å². The van der Waals surface area contributed by atoms with Crippen LogP contribution in [0.2, 0.25) is 0 Å². The van der Waals surface area contributed by atoms with E-state index in [0.717, 1.165) is 19.3 Å². The summed E-state index contributed by atoms with van der Waals surface area (Å²) in [6, 6.07) is 3.76. The maximum absolute atomic E-state index is 12.4. The molecule has 1 aromatic rings. The number of rotatable bonds is 18. The molecule has 0 heterocycles. The van der Waals surface area contributed by atoms with Crippen molar-refractivity contribution in [2.24, 2.45) is 17.8 Å². The van der Waals surface area contributed by atoms with E-state index >= 15 is 0 Å². The van der Waals surface area contributed by atoms with E-state index in [4.69, 9.17) is 28.4 Å². The lowest BCUT2D eigenvalue weighted by molar-refractivity contribution is -0.144. The van der Waals surface area contributed by atoms with E-state index in [1.54, 1.807) is 6.07 Å². The molecular formula is C30H47NO10. The number of nitrogens with one attached hydrogen (secondary N) is 1. The van der Waals surface area contributed by atoms with E-state index in [1.807, 2.05) is 41.5 Å². The van der Waals surface area contributed by atoms with Crippen molar-refractivity contribution in [3.63, 3.8) is 0 Å². The van der Waals surface area contributed by atoms with E-state index in [9.17, 15) is 19.2 Å². The molecule has 1 rings (SSSR count). The van der Waals surface area contributed by atoms with Crippen LogP contribution in [-0.2, 0) is 35.0 Å². The second-order valence-electron chi connectivity index (χ2n) is 10.3. The van der Waals surface area contributed by atoms with Crippen molar-refractivity contribution in [2.45, 2.75) is 79.7 Å². The lowest BCUT2D eigenvalue weighted by Gasteiger charge is -2.18. The maximum Gasteiger partial charge on any atom is 0.513 e. The SMILES string of the molecule is CCC(C)COC(=O)Oc1ccc(C[C@H](NCCOC(=O)CC(C)CC)C(=O)OC)cc1OC(=O)OCC(C)CC. The van der Waals surface area contributed by atoms with Crippen LogP contribution in [0.15, 0.2) is 18.2 Å². The highest BCUT2D eigenvalue weighted by Gasteiger charge is 2.22. The zero-order valence-electron chi connectivity index (χ0n) is 25.5. The molecule has 0 aliphatic heterocycles. The van der Waals surface area contributed by atoms with Gasteiger partial charge in [0.05, 0.1) is 20.3 Å². The van der Waals surface area contributed by atoms with Gasteiger partial charge in [0.25, 0.3) is 0 Å². The number of methoxy groups -OCH3 is 1. The van der Waals surface area contributed by atoms with Crippen LogP contribution >= 0.6 is 0 Å². The van der Waals surface area contributed by atoms with Crippen molar-refractivity contribution < 1.29 is 47.6 Å². The maximum atomic E-state index is 12.4. The number of hydrogen-bond acceptors (Lipinski definition) is 11. The minimum absolute atomic E-state index is 0.0424. The number of benzene rings is 1. The number of carbonyl (C=O) groups is 4. The molecule has 3 unspecified atom stereocenters. The van der Waals surface area contributed by atoms with Gasteiger partial charge in [0.1, 0.15) is 12.6 Å². The first kappa shape index (κ1) is 35.7. The standard InChI is InChI=1S/C30H47NO10/c1-8-20(4)15-27(32)37-14-13-31-24(28(33)36-7)16-23-11-12-25(40-29(34)38-18-21(5)9-2)26(17-23)41-30(35)39-19-22(6)10-3/h11-12,17,20-22,24,31H,8-10,13-16,18-19H2,1-7H3/t20?,21?,22?,24-/m0/s1. The van der Waals surface area contributed by atoms with Crippen LogP contribution < -0.4 is 14.8 Å². The van der Waals surface area contributed by atoms with Crippen LogP contribution in [0.3, 0.4) is 0 Å². The molecule has 232 valence electrons. The third-order valence-electron chi connectivity index (χ3n) is 6.65. The van der Waals surface area contributed by atoms with Crippen molar-refractivity contribution in [1.29, 1.82) is 0 Å². The quantitative estimate of drug-likeness (QED) is 0.102. The molecule has 41 heavy (non-hydrogen) atoms. The summed E-state index contributed by atoms with van der Waals surface area (Å²) in [4.78, 5) is 49.0. The Bertz CT molecular complexity index is 967. The number of ether oxygens (including phenoxy) is 6. The van der Waals surface area contributed by atoms with Gasteiger partial charge in [-0.2, -0.15) is 0 Å². The fourth-order valence-corrected chi connectivity index (χ4v) is 3.24. The molecule has 0 bridgehead atoms. The van der Waals surface area contributed by atoms with Crippen LogP contribution in [0.5, 0.6) is 11.5 Å². The molecule has 11 heteroatoms. The van der Waals surface area contributed by atoms with Crippen LogP contribution in [0.25, 0.3) is 0 Å². The lowest BCUT2D eigenvalue weighted by atomic mass is 10.1. The highest BCUT2D eigenvalue weighted by molar-refractivity contribution is 5.76. The van der Waals surface area contributed by atoms with Gasteiger partial charge in [0.15, 0.2) is 11.5 Å². The minimum Gasteiger partial charge on any atom is -0.468 e. The van der Waals surface area contributed by atoms with Crippen LogP contribution in [-0.4, -0.2) is 63.8 Å². The second kappa shape index (κ2) is 19.7. The van der Waals surface area contributed by atoms with E-state index in [2.05, 4.69) is 5.32 Å². The van der Waals surface area contributed by atoms with Gasteiger partial charge in [-0.1, -0.05) is 66.9 Å². The van der Waals surface area contributed by atoms with Crippen LogP contribution in [0.4, 0.5) is 9.59 Å². The summed E-state index contributed by atoms with van der Waals surface area (Å²) in [5.74, 6) is -0.408. The summed E-state index contributed by atoms with van der Waals surface area (Å²) >= 11 is 0. The Hall–Kier alpha value is -3.34. The van der Waals surface area contributed by atoms with E-state index < -0.39 is 24.3 Å². The molecule has 0 saturated heterocycles. The zero-order chi connectivity index (χ0) is 30.8. The average Bonchev–Trinajstić information content (AvgIpc) is 2.96.